The molecule has 1 aromatic carbocycles. The zero-order chi connectivity index (χ0) is 10.6. The Morgan fingerprint density at radius 3 is 2.43 bits per heavy atom. The molecule has 2 unspecified atom stereocenters. The summed E-state index contributed by atoms with van der Waals surface area (Å²) < 4.78 is 0. The maximum absolute atomic E-state index is 9.08. The molecule has 0 heterocycles. The van der Waals surface area contributed by atoms with Crippen LogP contribution in [0, 0.1) is 0 Å². The average molecular weight is 232 g/mol. The topological polar surface area (TPSA) is 32.6 Å². The summed E-state index contributed by atoms with van der Waals surface area (Å²) in [5, 5.41) is 9.76. The van der Waals surface area contributed by atoms with Crippen molar-refractivity contribution in [1.29, 1.82) is 0 Å². The summed E-state index contributed by atoms with van der Waals surface area (Å²) in [5.74, 6) is 0. The Hall–Kier alpha value is -0.570. The molecule has 0 aromatic heterocycles. The number of benzene rings is 1. The second kappa shape index (κ2) is 5.35. The van der Waals surface area contributed by atoms with E-state index >= 15 is 0 Å². The van der Waals surface area contributed by atoms with Gasteiger partial charge >= 0.3 is 0 Å². The van der Waals surface area contributed by atoms with E-state index in [9.17, 15) is 0 Å². The van der Waals surface area contributed by atoms with Gasteiger partial charge in [0.2, 0.25) is 0 Å². The first kappa shape index (κ1) is 11.5. The summed E-state index contributed by atoms with van der Waals surface area (Å²) in [5.41, 5.74) is 0.298. The van der Waals surface area contributed by atoms with Crippen molar-refractivity contribution in [3.63, 3.8) is 0 Å². The van der Waals surface area contributed by atoms with Crippen molar-refractivity contribution >= 4 is 29.4 Å². The molecule has 0 aliphatic rings. The molecule has 76 valence electrons. The number of aliphatic hydroxyl groups excluding tert-OH is 1. The Morgan fingerprint density at radius 2 is 1.93 bits per heavy atom. The van der Waals surface area contributed by atoms with Crippen molar-refractivity contribution < 1.29 is 5.11 Å². The normalized spacial score (nSPS) is 15.7. The van der Waals surface area contributed by atoms with Gasteiger partial charge in [-0.05, 0) is 24.6 Å². The van der Waals surface area contributed by atoms with Gasteiger partial charge in [-0.2, -0.15) is 0 Å². The number of aliphatic imine (C=N–C) groups is 1. The van der Waals surface area contributed by atoms with Crippen molar-refractivity contribution in [1.82, 2.24) is 0 Å². The first-order chi connectivity index (χ1) is 6.59. The molecule has 14 heavy (non-hydrogen) atoms. The highest BCUT2D eigenvalue weighted by Crippen LogP contribution is 2.09. The van der Waals surface area contributed by atoms with Crippen LogP contribution in [0.15, 0.2) is 29.3 Å². The van der Waals surface area contributed by atoms with Crippen LogP contribution >= 0.6 is 23.2 Å². The highest BCUT2D eigenvalue weighted by atomic mass is 35.5. The second-order valence-corrected chi connectivity index (χ2v) is 3.83. The number of aliphatic hydroxyl groups is 1. The van der Waals surface area contributed by atoms with Gasteiger partial charge in [-0.1, -0.05) is 35.3 Å². The van der Waals surface area contributed by atoms with E-state index in [-0.39, 0.29) is 0 Å². The third-order valence-electron chi connectivity index (χ3n) is 1.63. The Kier molecular flexibility index (Phi) is 4.39. The SMILES string of the molecule is CC(O)C(Cl)N=Cc1ccc(Cl)cc1. The van der Waals surface area contributed by atoms with E-state index in [1.165, 1.54) is 0 Å². The summed E-state index contributed by atoms with van der Waals surface area (Å²) in [7, 11) is 0. The standard InChI is InChI=1S/C10H11Cl2NO/c1-7(14)10(12)13-6-8-2-4-9(11)5-3-8/h2-7,10,14H,1H3. The van der Waals surface area contributed by atoms with Crippen LogP contribution < -0.4 is 0 Å². The van der Waals surface area contributed by atoms with Crippen LogP contribution in [-0.2, 0) is 0 Å². The third kappa shape index (κ3) is 3.66. The maximum Gasteiger partial charge on any atom is 0.149 e. The molecule has 4 heteroatoms. The molecule has 0 bridgehead atoms. The zero-order valence-corrected chi connectivity index (χ0v) is 9.20. The largest absolute Gasteiger partial charge is 0.390 e. The Balaban J connectivity index is 2.64. The van der Waals surface area contributed by atoms with Crippen molar-refractivity contribution in [2.45, 2.75) is 18.5 Å². The molecule has 0 aliphatic heterocycles. The molecule has 1 aromatic rings. The van der Waals surface area contributed by atoms with Gasteiger partial charge in [0.25, 0.3) is 0 Å². The number of alkyl halides is 1. The monoisotopic (exact) mass is 231 g/mol. The summed E-state index contributed by atoms with van der Waals surface area (Å²) in [6.07, 6.45) is 0.959. The molecule has 1 rings (SSSR count). The van der Waals surface area contributed by atoms with Gasteiger partial charge in [-0.15, -0.1) is 0 Å². The fourth-order valence-corrected chi connectivity index (χ4v) is 1.01. The van der Waals surface area contributed by atoms with Crippen molar-refractivity contribution in [3.8, 4) is 0 Å². The Morgan fingerprint density at radius 1 is 1.36 bits per heavy atom. The van der Waals surface area contributed by atoms with E-state index < -0.39 is 11.6 Å². The summed E-state index contributed by atoms with van der Waals surface area (Å²) in [6, 6.07) is 7.21. The van der Waals surface area contributed by atoms with Crippen molar-refractivity contribution in [3.05, 3.63) is 34.9 Å². The minimum absolute atomic E-state index is 0.606. The molecule has 1 N–H and O–H groups in total. The predicted molar refractivity (Wildman–Crippen MR) is 60.4 cm³/mol. The highest BCUT2D eigenvalue weighted by molar-refractivity contribution is 6.30. The molecule has 0 amide bonds. The van der Waals surface area contributed by atoms with Gasteiger partial charge < -0.3 is 5.11 Å². The van der Waals surface area contributed by atoms with Crippen LogP contribution in [0.4, 0.5) is 0 Å². The van der Waals surface area contributed by atoms with Crippen LogP contribution in [0.3, 0.4) is 0 Å². The van der Waals surface area contributed by atoms with Crippen LogP contribution in [0.2, 0.25) is 5.02 Å². The molecule has 2 atom stereocenters. The van der Waals surface area contributed by atoms with E-state index in [2.05, 4.69) is 4.99 Å². The quantitative estimate of drug-likeness (QED) is 0.485. The van der Waals surface area contributed by atoms with Crippen molar-refractivity contribution in [2.24, 2.45) is 4.99 Å². The Labute approximate surface area is 93.2 Å². The summed E-state index contributed by atoms with van der Waals surface area (Å²) in [4.78, 5) is 3.97. The fraction of sp³-hybridized carbons (Fsp3) is 0.300. The van der Waals surface area contributed by atoms with Gasteiger partial charge in [0, 0.05) is 11.2 Å². The number of rotatable bonds is 3. The van der Waals surface area contributed by atoms with E-state index in [0.717, 1.165) is 5.56 Å². The van der Waals surface area contributed by atoms with Crippen molar-refractivity contribution in [2.75, 3.05) is 0 Å². The van der Waals surface area contributed by atoms with Gasteiger partial charge in [-0.25, -0.2) is 0 Å². The molecule has 2 nitrogen and oxygen atoms in total. The first-order valence-corrected chi connectivity index (χ1v) is 5.02. The number of halogens is 2. The number of nitrogens with zero attached hydrogens (tertiary/aromatic N) is 1. The predicted octanol–water partition coefficient (Wildman–Crippen LogP) is 2.70. The average Bonchev–Trinajstić information content (AvgIpc) is 2.16. The maximum atomic E-state index is 9.08. The molecule has 0 saturated heterocycles. The summed E-state index contributed by atoms with van der Waals surface area (Å²) >= 11 is 11.4. The second-order valence-electron chi connectivity index (χ2n) is 2.94. The highest BCUT2D eigenvalue weighted by Gasteiger charge is 2.06. The lowest BCUT2D eigenvalue weighted by Crippen LogP contribution is -2.13. The van der Waals surface area contributed by atoms with E-state index in [1.54, 1.807) is 25.3 Å². The molecule has 0 radical (unpaired) electrons. The number of hydrogen-bond acceptors (Lipinski definition) is 2. The lowest BCUT2D eigenvalue weighted by atomic mass is 10.2. The third-order valence-corrected chi connectivity index (χ3v) is 2.36. The van der Waals surface area contributed by atoms with Crippen LogP contribution in [0.25, 0.3) is 0 Å². The summed E-state index contributed by atoms with van der Waals surface area (Å²) in [6.45, 7) is 1.59. The van der Waals surface area contributed by atoms with Crippen LogP contribution in [0.5, 0.6) is 0 Å². The lowest BCUT2D eigenvalue weighted by Gasteiger charge is -2.05. The van der Waals surface area contributed by atoms with Crippen LogP contribution in [-0.4, -0.2) is 22.9 Å². The van der Waals surface area contributed by atoms with E-state index in [0.29, 0.717) is 5.02 Å². The fourth-order valence-electron chi connectivity index (χ4n) is 0.831. The smallest absolute Gasteiger partial charge is 0.149 e. The zero-order valence-electron chi connectivity index (χ0n) is 7.69. The molecular formula is C10H11Cl2NO. The first-order valence-electron chi connectivity index (χ1n) is 4.20. The van der Waals surface area contributed by atoms with Crippen LogP contribution in [0.1, 0.15) is 12.5 Å². The lowest BCUT2D eigenvalue weighted by molar-refractivity contribution is 0.191. The molecule has 0 fully saturated rings. The van der Waals surface area contributed by atoms with Gasteiger partial charge in [0.15, 0.2) is 0 Å². The molecule has 0 saturated carbocycles. The van der Waals surface area contributed by atoms with Gasteiger partial charge in [0.05, 0.1) is 6.10 Å². The van der Waals surface area contributed by atoms with Gasteiger partial charge in [0.1, 0.15) is 5.50 Å². The van der Waals surface area contributed by atoms with Gasteiger partial charge in [-0.3, -0.25) is 4.99 Å². The van der Waals surface area contributed by atoms with E-state index in [1.807, 2.05) is 12.1 Å². The molecular weight excluding hydrogens is 221 g/mol. The Bertz CT molecular complexity index is 308. The molecule has 0 spiro atoms. The van der Waals surface area contributed by atoms with E-state index in [4.69, 9.17) is 28.3 Å². The molecule has 0 aliphatic carbocycles. The minimum atomic E-state index is -0.653. The number of hydrogen-bond donors (Lipinski definition) is 1. The minimum Gasteiger partial charge on any atom is -0.390 e.